The van der Waals surface area contributed by atoms with Crippen molar-refractivity contribution in [3.8, 4) is 11.4 Å². The Morgan fingerprint density at radius 3 is 2.68 bits per heavy atom. The van der Waals surface area contributed by atoms with E-state index in [4.69, 9.17) is 0 Å². The number of nitrogens with zero attached hydrogens (tertiary/aromatic N) is 3. The monoisotopic (exact) mass is 333 g/mol. The lowest BCUT2D eigenvalue weighted by atomic mass is 10.1. The molecule has 1 heterocycles. The van der Waals surface area contributed by atoms with Crippen molar-refractivity contribution in [1.29, 1.82) is 0 Å². The van der Waals surface area contributed by atoms with E-state index in [0.29, 0.717) is 11.0 Å². The molecule has 1 aromatic heterocycles. The Morgan fingerprint density at radius 2 is 2.05 bits per heavy atom. The molecule has 0 saturated carbocycles. The van der Waals surface area contributed by atoms with Gasteiger partial charge in [0.1, 0.15) is 6.33 Å². The zero-order valence-electron chi connectivity index (χ0n) is 10.1. The predicted octanol–water partition coefficient (Wildman–Crippen LogP) is 4.14. The highest BCUT2D eigenvalue weighted by atomic mass is 79.9. The lowest BCUT2D eigenvalue weighted by Crippen LogP contribution is -2.09. The van der Waals surface area contributed by atoms with Crippen LogP contribution < -0.4 is 0 Å². The first-order valence-corrected chi connectivity index (χ1v) is 6.47. The molecule has 3 nitrogen and oxygen atoms in total. The zero-order chi connectivity index (χ0) is 14.0. The van der Waals surface area contributed by atoms with E-state index in [2.05, 4.69) is 26.1 Å². The molecule has 0 N–H and O–H groups in total. The van der Waals surface area contributed by atoms with Gasteiger partial charge in [0.05, 0.1) is 5.56 Å². The van der Waals surface area contributed by atoms with Gasteiger partial charge in [-0.2, -0.15) is 13.2 Å². The molecule has 7 heteroatoms. The minimum atomic E-state index is -4.43. The Morgan fingerprint density at radius 1 is 1.32 bits per heavy atom. The molecule has 0 radical (unpaired) electrons. The normalized spacial score (nSPS) is 11.8. The Kier molecular flexibility index (Phi) is 3.93. The Labute approximate surface area is 116 Å². The molecule has 2 aromatic rings. The smallest absolute Gasteiger partial charge is 0.314 e. The third kappa shape index (κ3) is 2.97. The average Bonchev–Trinajstić information content (AvgIpc) is 2.76. The van der Waals surface area contributed by atoms with E-state index in [9.17, 15) is 13.2 Å². The van der Waals surface area contributed by atoms with Crippen molar-refractivity contribution in [1.82, 2.24) is 14.8 Å². The molecular formula is C12H11BrF3N3. The van der Waals surface area contributed by atoms with Gasteiger partial charge >= 0.3 is 6.18 Å². The first-order valence-electron chi connectivity index (χ1n) is 5.68. The first kappa shape index (κ1) is 14.0. The lowest BCUT2D eigenvalue weighted by Gasteiger charge is -2.13. The van der Waals surface area contributed by atoms with Crippen LogP contribution in [0, 0.1) is 0 Å². The Bertz CT molecular complexity index is 578. The van der Waals surface area contributed by atoms with E-state index in [-0.39, 0.29) is 11.4 Å². The van der Waals surface area contributed by atoms with Gasteiger partial charge in [-0.1, -0.05) is 22.9 Å². The fourth-order valence-electron chi connectivity index (χ4n) is 1.81. The minimum absolute atomic E-state index is 0.0432. The van der Waals surface area contributed by atoms with Crippen LogP contribution in [0.3, 0.4) is 0 Å². The van der Waals surface area contributed by atoms with Gasteiger partial charge in [-0.05, 0) is 24.6 Å². The van der Waals surface area contributed by atoms with E-state index in [1.807, 2.05) is 6.92 Å². The number of halogens is 4. The fourth-order valence-corrected chi connectivity index (χ4v) is 2.18. The summed E-state index contributed by atoms with van der Waals surface area (Å²) in [6.45, 7) is 2.52. The van der Waals surface area contributed by atoms with Crippen LogP contribution in [-0.2, 0) is 12.7 Å². The van der Waals surface area contributed by atoms with Gasteiger partial charge in [-0.15, -0.1) is 10.2 Å². The molecule has 0 spiro atoms. The van der Waals surface area contributed by atoms with Crippen molar-refractivity contribution in [2.24, 2.45) is 0 Å². The van der Waals surface area contributed by atoms with Crippen molar-refractivity contribution < 1.29 is 13.2 Å². The van der Waals surface area contributed by atoms with Crippen LogP contribution >= 0.6 is 15.9 Å². The van der Waals surface area contributed by atoms with E-state index in [0.717, 1.165) is 12.5 Å². The average molecular weight is 334 g/mol. The van der Waals surface area contributed by atoms with Gasteiger partial charge in [0.2, 0.25) is 0 Å². The maximum Gasteiger partial charge on any atom is 0.417 e. The van der Waals surface area contributed by atoms with Crippen molar-refractivity contribution >= 4 is 15.9 Å². The number of rotatable bonds is 3. The molecule has 0 saturated heterocycles. The van der Waals surface area contributed by atoms with Crippen LogP contribution in [0.2, 0.25) is 0 Å². The van der Waals surface area contributed by atoms with Crippen LogP contribution in [0.4, 0.5) is 13.2 Å². The van der Waals surface area contributed by atoms with Gasteiger partial charge in [0.15, 0.2) is 5.82 Å². The van der Waals surface area contributed by atoms with Gasteiger partial charge < -0.3 is 4.57 Å². The largest absolute Gasteiger partial charge is 0.417 e. The number of alkyl halides is 3. The van der Waals surface area contributed by atoms with E-state index >= 15 is 0 Å². The SMILES string of the molecule is CCCn1cnnc1-c1ccc(Br)cc1C(F)(F)F. The molecule has 0 bridgehead atoms. The van der Waals surface area contributed by atoms with Crippen LogP contribution in [0.5, 0.6) is 0 Å². The lowest BCUT2D eigenvalue weighted by molar-refractivity contribution is -0.137. The second-order valence-corrected chi connectivity index (χ2v) is 4.95. The predicted molar refractivity (Wildman–Crippen MR) is 68.5 cm³/mol. The molecule has 102 valence electrons. The summed E-state index contributed by atoms with van der Waals surface area (Å²) in [4.78, 5) is 0. The van der Waals surface area contributed by atoms with Crippen LogP contribution in [0.15, 0.2) is 29.0 Å². The summed E-state index contributed by atoms with van der Waals surface area (Å²) in [6, 6.07) is 4.03. The highest BCUT2D eigenvalue weighted by Crippen LogP contribution is 2.37. The number of hydrogen-bond donors (Lipinski definition) is 0. The molecule has 0 aliphatic heterocycles. The minimum Gasteiger partial charge on any atom is -0.314 e. The molecule has 1 aromatic carbocycles. The van der Waals surface area contributed by atoms with Gasteiger partial charge in [0, 0.05) is 16.6 Å². The van der Waals surface area contributed by atoms with E-state index in [1.54, 1.807) is 10.6 Å². The molecule has 0 aliphatic rings. The maximum atomic E-state index is 13.1. The number of aryl methyl sites for hydroxylation is 1. The number of aromatic nitrogens is 3. The number of benzene rings is 1. The molecule has 0 amide bonds. The molecule has 19 heavy (non-hydrogen) atoms. The van der Waals surface area contributed by atoms with Crippen molar-refractivity contribution in [2.75, 3.05) is 0 Å². The summed E-state index contributed by atoms with van der Waals surface area (Å²) >= 11 is 3.06. The molecule has 0 unspecified atom stereocenters. The van der Waals surface area contributed by atoms with Crippen LogP contribution in [-0.4, -0.2) is 14.8 Å². The summed E-state index contributed by atoms with van der Waals surface area (Å²) in [5.41, 5.74) is -0.672. The van der Waals surface area contributed by atoms with Crippen molar-refractivity contribution in [3.63, 3.8) is 0 Å². The third-order valence-electron chi connectivity index (χ3n) is 2.61. The Hall–Kier alpha value is -1.37. The first-order chi connectivity index (χ1) is 8.93. The summed E-state index contributed by atoms with van der Waals surface area (Å²) in [5.74, 6) is 0.238. The van der Waals surface area contributed by atoms with Crippen LogP contribution in [0.1, 0.15) is 18.9 Å². The second-order valence-electron chi connectivity index (χ2n) is 4.04. The molecule has 0 fully saturated rings. The quantitative estimate of drug-likeness (QED) is 0.845. The third-order valence-corrected chi connectivity index (χ3v) is 3.10. The highest BCUT2D eigenvalue weighted by molar-refractivity contribution is 9.10. The van der Waals surface area contributed by atoms with Gasteiger partial charge in [0.25, 0.3) is 0 Å². The standard InChI is InChI=1S/C12H11BrF3N3/c1-2-5-19-7-17-18-11(19)9-4-3-8(13)6-10(9)12(14,15)16/h3-4,6-7H,2,5H2,1H3. The zero-order valence-corrected chi connectivity index (χ0v) is 11.7. The van der Waals surface area contributed by atoms with Crippen molar-refractivity contribution in [2.45, 2.75) is 26.1 Å². The summed E-state index contributed by atoms with van der Waals surface area (Å²) in [6.07, 6.45) is -2.19. The fraction of sp³-hybridized carbons (Fsp3) is 0.333. The number of hydrogen-bond acceptors (Lipinski definition) is 2. The molecule has 2 rings (SSSR count). The van der Waals surface area contributed by atoms with E-state index < -0.39 is 11.7 Å². The van der Waals surface area contributed by atoms with Crippen molar-refractivity contribution in [3.05, 3.63) is 34.6 Å². The van der Waals surface area contributed by atoms with E-state index in [1.165, 1.54) is 12.4 Å². The Balaban J connectivity index is 2.58. The topological polar surface area (TPSA) is 30.7 Å². The highest BCUT2D eigenvalue weighted by Gasteiger charge is 2.35. The summed E-state index contributed by atoms with van der Waals surface area (Å²) in [7, 11) is 0. The molecule has 0 atom stereocenters. The van der Waals surface area contributed by atoms with Gasteiger partial charge in [-0.3, -0.25) is 0 Å². The van der Waals surface area contributed by atoms with Gasteiger partial charge in [-0.25, -0.2) is 0 Å². The maximum absolute atomic E-state index is 13.1. The molecular weight excluding hydrogens is 323 g/mol. The van der Waals surface area contributed by atoms with Crippen LogP contribution in [0.25, 0.3) is 11.4 Å². The second kappa shape index (κ2) is 5.32. The molecule has 0 aliphatic carbocycles. The summed E-state index contributed by atoms with van der Waals surface area (Å²) < 4.78 is 41.2. The summed E-state index contributed by atoms with van der Waals surface area (Å²) in [5, 5.41) is 7.50.